The zero-order chi connectivity index (χ0) is 15.3. The van der Waals surface area contributed by atoms with Crippen LogP contribution in [0, 0.1) is 0 Å². The molecule has 0 unspecified atom stereocenters. The third-order valence-corrected chi connectivity index (χ3v) is 2.46. The number of benzene rings is 1. The summed E-state index contributed by atoms with van der Waals surface area (Å²) in [7, 11) is 0. The number of ketones is 1. The minimum atomic E-state index is -1.15. The number of carboxylic acid groups (broad SMARTS) is 1. The highest BCUT2D eigenvalue weighted by Gasteiger charge is 2.19. The molecule has 0 spiro atoms. The van der Waals surface area contributed by atoms with Gasteiger partial charge in [0.15, 0.2) is 5.78 Å². The van der Waals surface area contributed by atoms with E-state index < -0.39 is 36.2 Å². The second-order valence-corrected chi connectivity index (χ2v) is 4.30. The molecule has 0 radical (unpaired) electrons. The van der Waals surface area contributed by atoms with E-state index in [1.54, 1.807) is 0 Å². The van der Waals surface area contributed by atoms with E-state index >= 15 is 0 Å². The van der Waals surface area contributed by atoms with Crippen LogP contribution in [0.25, 0.3) is 0 Å². The summed E-state index contributed by atoms with van der Waals surface area (Å²) in [6.07, 6.45) is -0.444. The van der Waals surface area contributed by atoms with Crippen LogP contribution in [0.1, 0.15) is 23.7 Å². The van der Waals surface area contributed by atoms with Crippen molar-refractivity contribution >= 4 is 17.7 Å². The standard InChI is InChI=1S/C13H16N2O5/c1-7(14)13(19)20-9-4-2-8(3-5-9)12(18)10(15)6-11(16)17/h2-5,7,10H,6,14-15H2,1H3,(H,16,17)/t7-,10+/m0/s1. The van der Waals surface area contributed by atoms with Gasteiger partial charge < -0.3 is 21.3 Å². The highest BCUT2D eigenvalue weighted by atomic mass is 16.5. The normalized spacial score (nSPS) is 13.3. The van der Waals surface area contributed by atoms with Crippen molar-refractivity contribution < 1.29 is 24.2 Å². The van der Waals surface area contributed by atoms with E-state index in [2.05, 4.69) is 0 Å². The maximum atomic E-state index is 11.8. The summed E-state index contributed by atoms with van der Waals surface area (Å²) >= 11 is 0. The fourth-order valence-electron chi connectivity index (χ4n) is 1.39. The van der Waals surface area contributed by atoms with Gasteiger partial charge in [0.05, 0.1) is 12.5 Å². The molecule has 0 heterocycles. The summed E-state index contributed by atoms with van der Waals surface area (Å²) in [5, 5.41) is 8.57. The Bertz CT molecular complexity index is 510. The molecule has 5 N–H and O–H groups in total. The van der Waals surface area contributed by atoms with E-state index in [1.807, 2.05) is 0 Å². The number of ether oxygens (including phenoxy) is 1. The van der Waals surface area contributed by atoms with Gasteiger partial charge in [0.1, 0.15) is 11.8 Å². The number of rotatable bonds is 6. The first kappa shape index (κ1) is 15.8. The highest BCUT2D eigenvalue weighted by molar-refractivity contribution is 6.01. The first-order valence-electron chi connectivity index (χ1n) is 5.90. The number of aliphatic carboxylic acids is 1. The smallest absolute Gasteiger partial charge is 0.328 e. The Morgan fingerprint density at radius 3 is 2.20 bits per heavy atom. The maximum absolute atomic E-state index is 11.8. The summed E-state index contributed by atoms with van der Waals surface area (Å²) < 4.78 is 4.93. The van der Waals surface area contributed by atoms with Crippen molar-refractivity contribution in [1.82, 2.24) is 0 Å². The van der Waals surface area contributed by atoms with Crippen LogP contribution in [0.4, 0.5) is 0 Å². The van der Waals surface area contributed by atoms with Gasteiger partial charge in [0.2, 0.25) is 0 Å². The molecule has 1 aromatic carbocycles. The van der Waals surface area contributed by atoms with E-state index in [1.165, 1.54) is 31.2 Å². The summed E-state index contributed by atoms with van der Waals surface area (Å²) in [5.74, 6) is -1.98. The van der Waals surface area contributed by atoms with E-state index in [-0.39, 0.29) is 11.3 Å². The van der Waals surface area contributed by atoms with Crippen LogP contribution in [0.15, 0.2) is 24.3 Å². The van der Waals surface area contributed by atoms with Gasteiger partial charge in [-0.25, -0.2) is 4.79 Å². The van der Waals surface area contributed by atoms with Crippen LogP contribution in [0.5, 0.6) is 5.75 Å². The largest absolute Gasteiger partial charge is 0.481 e. The second-order valence-electron chi connectivity index (χ2n) is 4.30. The Labute approximate surface area is 115 Å². The molecular weight excluding hydrogens is 264 g/mol. The van der Waals surface area contributed by atoms with Gasteiger partial charge in [-0.05, 0) is 31.2 Å². The molecule has 0 bridgehead atoms. The third-order valence-electron chi connectivity index (χ3n) is 2.46. The second kappa shape index (κ2) is 6.78. The summed E-state index contributed by atoms with van der Waals surface area (Å²) in [5.41, 5.74) is 11.1. The van der Waals surface area contributed by atoms with Gasteiger partial charge in [-0.1, -0.05) is 0 Å². The number of hydrogen-bond donors (Lipinski definition) is 3. The molecule has 7 nitrogen and oxygen atoms in total. The van der Waals surface area contributed by atoms with E-state index in [9.17, 15) is 14.4 Å². The Morgan fingerprint density at radius 1 is 1.20 bits per heavy atom. The molecule has 0 aliphatic heterocycles. The van der Waals surface area contributed by atoms with E-state index in [0.29, 0.717) is 0 Å². The van der Waals surface area contributed by atoms with Gasteiger partial charge in [-0.3, -0.25) is 9.59 Å². The first-order valence-corrected chi connectivity index (χ1v) is 5.90. The minimum Gasteiger partial charge on any atom is -0.481 e. The van der Waals surface area contributed by atoms with E-state index in [0.717, 1.165) is 0 Å². The number of Topliss-reactive ketones (excluding diaryl/α,β-unsaturated/α-hetero) is 1. The molecule has 108 valence electrons. The molecule has 0 aliphatic rings. The van der Waals surface area contributed by atoms with Crippen molar-refractivity contribution in [3.8, 4) is 5.75 Å². The molecule has 0 saturated heterocycles. The lowest BCUT2D eigenvalue weighted by molar-refractivity contribution is -0.137. The zero-order valence-electron chi connectivity index (χ0n) is 10.9. The number of carboxylic acids is 1. The minimum absolute atomic E-state index is 0.246. The molecule has 20 heavy (non-hydrogen) atoms. The van der Waals surface area contributed by atoms with Crippen molar-refractivity contribution in [3.05, 3.63) is 29.8 Å². The van der Waals surface area contributed by atoms with Gasteiger partial charge in [-0.15, -0.1) is 0 Å². The van der Waals surface area contributed by atoms with Gasteiger partial charge >= 0.3 is 11.9 Å². The average molecular weight is 280 g/mol. The lowest BCUT2D eigenvalue weighted by Gasteiger charge is -2.09. The lowest BCUT2D eigenvalue weighted by Crippen LogP contribution is -2.33. The number of esters is 1. The molecule has 0 aromatic heterocycles. The molecule has 1 rings (SSSR count). The number of nitrogens with two attached hydrogens (primary N) is 2. The number of hydrogen-bond acceptors (Lipinski definition) is 6. The molecular formula is C13H16N2O5. The van der Waals surface area contributed by atoms with Gasteiger partial charge in [0, 0.05) is 5.56 Å². The van der Waals surface area contributed by atoms with Gasteiger partial charge in [-0.2, -0.15) is 0 Å². The molecule has 1 aromatic rings. The molecule has 0 amide bonds. The van der Waals surface area contributed by atoms with Crippen LogP contribution in [0.2, 0.25) is 0 Å². The molecule has 0 fully saturated rings. The van der Waals surface area contributed by atoms with Crippen molar-refractivity contribution in [2.24, 2.45) is 11.5 Å². The topological polar surface area (TPSA) is 133 Å². The Kier molecular flexibility index (Phi) is 5.36. The summed E-state index contributed by atoms with van der Waals surface area (Å²) in [6.45, 7) is 1.49. The van der Waals surface area contributed by atoms with Crippen molar-refractivity contribution in [1.29, 1.82) is 0 Å². The SMILES string of the molecule is C[C@H](N)C(=O)Oc1ccc(C(=O)[C@H](N)CC(=O)O)cc1. The number of carbonyl (C=O) groups is 3. The van der Waals surface area contributed by atoms with Crippen molar-refractivity contribution in [2.75, 3.05) is 0 Å². The maximum Gasteiger partial charge on any atom is 0.328 e. The fraction of sp³-hybridized carbons (Fsp3) is 0.308. The average Bonchev–Trinajstić information content (AvgIpc) is 2.37. The predicted molar refractivity (Wildman–Crippen MR) is 70.3 cm³/mol. The molecule has 2 atom stereocenters. The van der Waals surface area contributed by atoms with Crippen LogP contribution in [-0.4, -0.2) is 34.9 Å². The Balaban J connectivity index is 2.73. The Hall–Kier alpha value is -2.25. The molecule has 0 aliphatic carbocycles. The van der Waals surface area contributed by atoms with E-state index in [4.69, 9.17) is 21.3 Å². The monoisotopic (exact) mass is 280 g/mol. The fourth-order valence-corrected chi connectivity index (χ4v) is 1.39. The quantitative estimate of drug-likeness (QED) is 0.377. The van der Waals surface area contributed by atoms with Gasteiger partial charge in [0.25, 0.3) is 0 Å². The summed E-state index contributed by atoms with van der Waals surface area (Å²) in [4.78, 5) is 33.6. The third kappa shape index (κ3) is 4.45. The van der Waals surface area contributed by atoms with Crippen LogP contribution < -0.4 is 16.2 Å². The first-order chi connectivity index (χ1) is 9.31. The van der Waals surface area contributed by atoms with Crippen LogP contribution in [0.3, 0.4) is 0 Å². The lowest BCUT2D eigenvalue weighted by atomic mass is 10.0. The zero-order valence-corrected chi connectivity index (χ0v) is 10.9. The van der Waals surface area contributed by atoms with Crippen LogP contribution in [-0.2, 0) is 9.59 Å². The number of carbonyl (C=O) groups excluding carboxylic acids is 2. The predicted octanol–water partition coefficient (Wildman–Crippen LogP) is -0.0761. The Morgan fingerprint density at radius 2 is 1.75 bits per heavy atom. The molecule has 0 saturated carbocycles. The summed E-state index contributed by atoms with van der Waals surface area (Å²) in [6, 6.07) is 3.80. The van der Waals surface area contributed by atoms with Crippen molar-refractivity contribution in [3.63, 3.8) is 0 Å². The van der Waals surface area contributed by atoms with Crippen molar-refractivity contribution in [2.45, 2.75) is 25.4 Å². The molecule has 7 heteroatoms. The van der Waals surface area contributed by atoms with Crippen LogP contribution >= 0.6 is 0 Å². The highest BCUT2D eigenvalue weighted by Crippen LogP contribution is 2.14.